The van der Waals surface area contributed by atoms with Crippen molar-refractivity contribution < 1.29 is 9.53 Å². The molecule has 0 fully saturated rings. The first-order valence-corrected chi connectivity index (χ1v) is 10.5. The molecule has 2 rings (SSSR count). The van der Waals surface area contributed by atoms with Crippen LogP contribution in [0.15, 0.2) is 42.0 Å². The summed E-state index contributed by atoms with van der Waals surface area (Å²) in [5.41, 5.74) is 1.52. The molecule has 128 valence electrons. The van der Waals surface area contributed by atoms with Crippen LogP contribution in [0.5, 0.6) is 5.75 Å². The number of hydrogen-bond donors (Lipinski definition) is 1. The number of ether oxygens (including phenoxy) is 1. The largest absolute Gasteiger partial charge is 0.492 e. The van der Waals surface area contributed by atoms with E-state index in [1.165, 1.54) is 0 Å². The van der Waals surface area contributed by atoms with Crippen molar-refractivity contribution in [2.45, 2.75) is 6.92 Å². The van der Waals surface area contributed by atoms with E-state index in [4.69, 9.17) is 4.74 Å². The lowest BCUT2D eigenvalue weighted by atomic mass is 10.1. The Morgan fingerprint density at radius 1 is 1.20 bits per heavy atom. The van der Waals surface area contributed by atoms with Crippen molar-refractivity contribution in [3.05, 3.63) is 58.2 Å². The SMILES string of the molecule is CCOc1c(I)cc(C=C(C#N)C(=O)Nc2ccccc2I)cc1I. The fraction of sp³-hybridized carbons (Fsp3) is 0.111. The van der Waals surface area contributed by atoms with Crippen LogP contribution in [0.25, 0.3) is 6.08 Å². The van der Waals surface area contributed by atoms with Gasteiger partial charge in [0.15, 0.2) is 0 Å². The standard InChI is InChI=1S/C18H13I3N2O2/c1-2-25-17-14(20)8-11(9-15(17)21)7-12(10-22)18(24)23-16-6-4-3-5-13(16)19/h3-9H,2H2,1H3,(H,23,24). The molecular formula is C18H13I3N2O2. The predicted octanol–water partition coefficient (Wildman–Crippen LogP) is 5.44. The molecule has 0 atom stereocenters. The van der Waals surface area contributed by atoms with Crippen molar-refractivity contribution in [3.63, 3.8) is 0 Å². The van der Waals surface area contributed by atoms with Gasteiger partial charge in [0.1, 0.15) is 17.4 Å². The van der Waals surface area contributed by atoms with Gasteiger partial charge in [-0.05, 0) is 111 Å². The summed E-state index contributed by atoms with van der Waals surface area (Å²) in [5.74, 6) is 0.396. The van der Waals surface area contributed by atoms with Crippen molar-refractivity contribution >= 4 is 85.4 Å². The van der Waals surface area contributed by atoms with Gasteiger partial charge in [0.25, 0.3) is 5.91 Å². The highest BCUT2D eigenvalue weighted by Crippen LogP contribution is 2.30. The van der Waals surface area contributed by atoms with Gasteiger partial charge in [0.2, 0.25) is 0 Å². The highest BCUT2D eigenvalue weighted by Gasteiger charge is 2.13. The first-order chi connectivity index (χ1) is 12.0. The molecule has 25 heavy (non-hydrogen) atoms. The van der Waals surface area contributed by atoms with E-state index in [0.29, 0.717) is 12.3 Å². The molecule has 0 saturated heterocycles. The number of nitriles is 1. The Labute approximate surface area is 187 Å². The predicted molar refractivity (Wildman–Crippen MR) is 124 cm³/mol. The van der Waals surface area contributed by atoms with Gasteiger partial charge in [-0.2, -0.15) is 5.26 Å². The van der Waals surface area contributed by atoms with E-state index in [-0.39, 0.29) is 5.57 Å². The summed E-state index contributed by atoms with van der Waals surface area (Å²) in [7, 11) is 0. The van der Waals surface area contributed by atoms with Crippen molar-refractivity contribution in [1.82, 2.24) is 0 Å². The van der Waals surface area contributed by atoms with Crippen LogP contribution in [0.3, 0.4) is 0 Å². The number of anilines is 1. The maximum atomic E-state index is 12.4. The molecule has 1 amide bonds. The Morgan fingerprint density at radius 2 is 1.84 bits per heavy atom. The molecule has 0 aliphatic carbocycles. The molecule has 7 heteroatoms. The Balaban J connectivity index is 2.30. The number of nitrogens with zero attached hydrogens (tertiary/aromatic N) is 1. The smallest absolute Gasteiger partial charge is 0.266 e. The third-order valence-electron chi connectivity index (χ3n) is 3.11. The van der Waals surface area contributed by atoms with Gasteiger partial charge in [-0.1, -0.05) is 12.1 Å². The van der Waals surface area contributed by atoms with Crippen LogP contribution in [-0.2, 0) is 4.79 Å². The summed E-state index contributed by atoms with van der Waals surface area (Å²) < 4.78 is 8.40. The van der Waals surface area contributed by atoms with Crippen LogP contribution in [0.1, 0.15) is 12.5 Å². The van der Waals surface area contributed by atoms with E-state index in [0.717, 1.165) is 22.0 Å². The van der Waals surface area contributed by atoms with Crippen molar-refractivity contribution in [2.24, 2.45) is 0 Å². The fourth-order valence-corrected chi connectivity index (χ4v) is 4.66. The third kappa shape index (κ3) is 5.55. The van der Waals surface area contributed by atoms with Crippen molar-refractivity contribution in [1.29, 1.82) is 5.26 Å². The Hall–Kier alpha value is -0.870. The van der Waals surface area contributed by atoms with Crippen molar-refractivity contribution in [3.8, 4) is 11.8 Å². The van der Waals surface area contributed by atoms with Gasteiger partial charge in [0, 0.05) is 3.57 Å². The number of carbonyl (C=O) groups is 1. The molecule has 0 unspecified atom stereocenters. The number of halogens is 3. The Morgan fingerprint density at radius 3 is 2.40 bits per heavy atom. The molecule has 0 saturated carbocycles. The summed E-state index contributed by atoms with van der Waals surface area (Å²) in [6, 6.07) is 13.2. The minimum absolute atomic E-state index is 0.0513. The van der Waals surface area contributed by atoms with E-state index in [2.05, 4.69) is 73.1 Å². The zero-order valence-electron chi connectivity index (χ0n) is 13.1. The van der Waals surface area contributed by atoms with Gasteiger partial charge in [-0.25, -0.2) is 0 Å². The molecule has 4 nitrogen and oxygen atoms in total. The number of benzene rings is 2. The molecule has 2 aromatic rings. The van der Waals surface area contributed by atoms with Crippen LogP contribution in [0.4, 0.5) is 5.69 Å². The third-order valence-corrected chi connectivity index (χ3v) is 5.65. The summed E-state index contributed by atoms with van der Waals surface area (Å²) in [6.45, 7) is 2.52. The molecule has 0 aromatic heterocycles. The minimum atomic E-state index is -0.425. The first kappa shape index (κ1) is 20.4. The number of para-hydroxylation sites is 1. The lowest BCUT2D eigenvalue weighted by Crippen LogP contribution is -2.14. The van der Waals surface area contributed by atoms with Gasteiger partial charge >= 0.3 is 0 Å². The number of rotatable bonds is 5. The topological polar surface area (TPSA) is 62.1 Å². The highest BCUT2D eigenvalue weighted by atomic mass is 127. The quantitative estimate of drug-likeness (QED) is 0.262. The van der Waals surface area contributed by atoms with E-state index in [9.17, 15) is 10.1 Å². The second-order valence-corrected chi connectivity index (χ2v) is 8.34. The molecule has 0 spiro atoms. The zero-order chi connectivity index (χ0) is 18.4. The van der Waals surface area contributed by atoms with E-state index in [1.807, 2.05) is 43.3 Å². The zero-order valence-corrected chi connectivity index (χ0v) is 19.6. The van der Waals surface area contributed by atoms with Crippen LogP contribution in [0, 0.1) is 22.0 Å². The molecule has 0 aliphatic heterocycles. The van der Waals surface area contributed by atoms with Crippen LogP contribution in [0.2, 0.25) is 0 Å². The van der Waals surface area contributed by atoms with Gasteiger partial charge in [-0.3, -0.25) is 4.79 Å². The van der Waals surface area contributed by atoms with E-state index >= 15 is 0 Å². The molecule has 0 aliphatic rings. The molecule has 1 N–H and O–H groups in total. The first-order valence-electron chi connectivity index (χ1n) is 7.25. The molecule has 2 aromatic carbocycles. The molecule has 0 bridgehead atoms. The van der Waals surface area contributed by atoms with Gasteiger partial charge in [0.05, 0.1) is 19.4 Å². The lowest BCUT2D eigenvalue weighted by molar-refractivity contribution is -0.112. The second kappa shape index (κ2) is 9.72. The fourth-order valence-electron chi connectivity index (χ4n) is 2.01. The summed E-state index contributed by atoms with van der Waals surface area (Å²) in [6.07, 6.45) is 1.59. The average molecular weight is 670 g/mol. The summed E-state index contributed by atoms with van der Waals surface area (Å²) in [4.78, 5) is 12.4. The van der Waals surface area contributed by atoms with E-state index < -0.39 is 5.91 Å². The normalized spacial score (nSPS) is 10.9. The maximum Gasteiger partial charge on any atom is 0.266 e. The summed E-state index contributed by atoms with van der Waals surface area (Å²) in [5, 5.41) is 12.1. The lowest BCUT2D eigenvalue weighted by Gasteiger charge is -2.10. The summed E-state index contributed by atoms with van der Waals surface area (Å²) >= 11 is 6.52. The Kier molecular flexibility index (Phi) is 7.95. The average Bonchev–Trinajstić information content (AvgIpc) is 2.58. The van der Waals surface area contributed by atoms with Gasteiger partial charge < -0.3 is 10.1 Å². The number of hydrogen-bond acceptors (Lipinski definition) is 3. The van der Waals surface area contributed by atoms with Crippen molar-refractivity contribution in [2.75, 3.05) is 11.9 Å². The van der Waals surface area contributed by atoms with Crippen LogP contribution >= 0.6 is 67.8 Å². The second-order valence-electron chi connectivity index (χ2n) is 4.85. The molecule has 0 heterocycles. The highest BCUT2D eigenvalue weighted by molar-refractivity contribution is 14.1. The molecule has 0 radical (unpaired) electrons. The monoisotopic (exact) mass is 670 g/mol. The maximum absolute atomic E-state index is 12.4. The number of carbonyl (C=O) groups excluding carboxylic acids is 1. The number of amides is 1. The molecular weight excluding hydrogens is 657 g/mol. The van der Waals surface area contributed by atoms with Gasteiger partial charge in [-0.15, -0.1) is 0 Å². The van der Waals surface area contributed by atoms with Crippen LogP contribution in [-0.4, -0.2) is 12.5 Å². The Bertz CT molecular complexity index is 850. The number of nitrogens with one attached hydrogen (secondary N) is 1. The van der Waals surface area contributed by atoms with Crippen LogP contribution < -0.4 is 10.1 Å². The van der Waals surface area contributed by atoms with E-state index in [1.54, 1.807) is 12.1 Å². The minimum Gasteiger partial charge on any atom is -0.492 e.